The van der Waals surface area contributed by atoms with Crippen LogP contribution in [0.25, 0.3) is 0 Å². The highest BCUT2D eigenvalue weighted by Gasteiger charge is 2.14. The summed E-state index contributed by atoms with van der Waals surface area (Å²) in [7, 11) is -3.74. The molecule has 26 heavy (non-hydrogen) atoms. The van der Waals surface area contributed by atoms with E-state index in [1.165, 1.54) is 36.4 Å². The molecule has 2 aromatic rings. The van der Waals surface area contributed by atoms with Crippen LogP contribution in [0.3, 0.4) is 0 Å². The topological polar surface area (TPSA) is 96.6 Å². The van der Waals surface area contributed by atoms with Gasteiger partial charge < -0.3 is 11.1 Å². The van der Waals surface area contributed by atoms with Gasteiger partial charge in [-0.1, -0.05) is 12.1 Å². The van der Waals surface area contributed by atoms with Gasteiger partial charge >= 0.3 is 0 Å². The smallest absolute Gasteiger partial charge is 0.261 e. The van der Waals surface area contributed by atoms with Gasteiger partial charge in [-0.3, -0.25) is 4.72 Å². The third-order valence-corrected chi connectivity index (χ3v) is 4.66. The summed E-state index contributed by atoms with van der Waals surface area (Å²) in [6, 6.07) is 11.4. The number of nitrogens with zero attached hydrogens (tertiary/aromatic N) is 1. The van der Waals surface area contributed by atoms with E-state index in [1.807, 2.05) is 20.8 Å². The Kier molecular flexibility index (Phi) is 5.86. The second kappa shape index (κ2) is 7.74. The maximum atomic E-state index is 12.9. The van der Waals surface area contributed by atoms with Gasteiger partial charge in [-0.15, -0.1) is 0 Å². The Balaban J connectivity index is 2.06. The van der Waals surface area contributed by atoms with E-state index in [9.17, 15) is 12.8 Å². The number of anilines is 1. The van der Waals surface area contributed by atoms with Gasteiger partial charge in [0.05, 0.1) is 11.4 Å². The molecule has 0 bridgehead atoms. The van der Waals surface area contributed by atoms with Crippen LogP contribution < -0.4 is 15.8 Å². The fraction of sp³-hybridized carbons (Fsp3) is 0.278. The lowest BCUT2D eigenvalue weighted by Gasteiger charge is -2.21. The van der Waals surface area contributed by atoms with E-state index in [1.54, 1.807) is 12.1 Å². The van der Waals surface area contributed by atoms with Crippen molar-refractivity contribution in [1.29, 1.82) is 0 Å². The second-order valence-corrected chi connectivity index (χ2v) is 8.52. The Bertz CT molecular complexity index is 871. The van der Waals surface area contributed by atoms with Crippen molar-refractivity contribution in [3.8, 4) is 0 Å². The first-order valence-corrected chi connectivity index (χ1v) is 9.49. The van der Waals surface area contributed by atoms with Crippen molar-refractivity contribution in [1.82, 2.24) is 5.32 Å². The van der Waals surface area contributed by atoms with E-state index in [-0.39, 0.29) is 10.4 Å². The highest BCUT2D eigenvalue weighted by Crippen LogP contribution is 2.17. The van der Waals surface area contributed by atoms with Crippen LogP contribution in [-0.4, -0.2) is 19.9 Å². The number of hydrogen-bond acceptors (Lipinski definition) is 3. The van der Waals surface area contributed by atoms with E-state index in [4.69, 9.17) is 5.73 Å². The highest BCUT2D eigenvalue weighted by atomic mass is 32.2. The lowest BCUT2D eigenvalue weighted by Crippen LogP contribution is -2.44. The fourth-order valence-corrected chi connectivity index (χ4v) is 3.16. The van der Waals surface area contributed by atoms with E-state index >= 15 is 0 Å². The van der Waals surface area contributed by atoms with Gasteiger partial charge in [0.1, 0.15) is 5.82 Å². The summed E-state index contributed by atoms with van der Waals surface area (Å²) in [5.74, 6) is -0.106. The molecule has 0 atom stereocenters. The molecule has 0 unspecified atom stereocenters. The van der Waals surface area contributed by atoms with Crippen molar-refractivity contribution in [2.75, 3.05) is 4.72 Å². The van der Waals surface area contributed by atoms with Crippen molar-refractivity contribution in [3.63, 3.8) is 0 Å². The molecule has 0 radical (unpaired) electrons. The van der Waals surface area contributed by atoms with E-state index in [0.717, 1.165) is 5.56 Å². The third kappa shape index (κ3) is 6.03. The highest BCUT2D eigenvalue weighted by molar-refractivity contribution is 7.92. The second-order valence-electron chi connectivity index (χ2n) is 6.83. The molecule has 6 nitrogen and oxygen atoms in total. The van der Waals surface area contributed by atoms with Crippen molar-refractivity contribution in [2.45, 2.75) is 37.8 Å². The molecule has 0 heterocycles. The largest absolute Gasteiger partial charge is 0.370 e. The zero-order chi connectivity index (χ0) is 19.4. The minimum absolute atomic E-state index is 0.107. The van der Waals surface area contributed by atoms with Gasteiger partial charge in [0.2, 0.25) is 0 Å². The normalized spacial score (nSPS) is 12.7. The SMILES string of the molecule is CC(C)(C)NC(N)=NCc1ccc(S(=O)(=O)Nc2ccc(F)cc2)cc1. The molecule has 0 aliphatic carbocycles. The lowest BCUT2D eigenvalue weighted by atomic mass is 10.1. The first kappa shape index (κ1) is 19.7. The molecule has 140 valence electrons. The first-order chi connectivity index (χ1) is 12.0. The summed E-state index contributed by atoms with van der Waals surface area (Å²) in [5, 5.41) is 3.05. The van der Waals surface area contributed by atoms with Crippen LogP contribution in [0.5, 0.6) is 0 Å². The molecule has 2 aromatic carbocycles. The molecule has 8 heteroatoms. The Morgan fingerprint density at radius 2 is 1.65 bits per heavy atom. The zero-order valence-electron chi connectivity index (χ0n) is 15.0. The number of nitrogens with one attached hydrogen (secondary N) is 2. The fourth-order valence-electron chi connectivity index (χ4n) is 2.11. The summed E-state index contributed by atoms with van der Waals surface area (Å²) in [6.07, 6.45) is 0. The maximum Gasteiger partial charge on any atom is 0.261 e. The Morgan fingerprint density at radius 1 is 1.08 bits per heavy atom. The molecule has 0 aliphatic rings. The number of benzene rings is 2. The third-order valence-electron chi connectivity index (χ3n) is 3.27. The standard InChI is InChI=1S/C18H23FN4O2S/c1-18(2,3)22-17(20)21-12-13-4-10-16(11-5-13)26(24,25)23-15-8-6-14(19)7-9-15/h4-11,23H,12H2,1-3H3,(H3,20,21,22). The molecular formula is C18H23FN4O2S. The van der Waals surface area contributed by atoms with Crippen molar-refractivity contribution in [3.05, 3.63) is 59.9 Å². The average Bonchev–Trinajstić information content (AvgIpc) is 2.54. The van der Waals surface area contributed by atoms with Crippen LogP contribution in [0, 0.1) is 5.82 Å². The van der Waals surface area contributed by atoms with Gasteiger partial charge in [-0.25, -0.2) is 17.8 Å². The van der Waals surface area contributed by atoms with E-state index in [0.29, 0.717) is 18.2 Å². The van der Waals surface area contributed by atoms with Crippen LogP contribution in [0.15, 0.2) is 58.4 Å². The Labute approximate surface area is 153 Å². The predicted octanol–water partition coefficient (Wildman–Crippen LogP) is 2.83. The van der Waals surface area contributed by atoms with E-state index < -0.39 is 15.8 Å². The molecule has 0 aliphatic heterocycles. The number of nitrogens with two attached hydrogens (primary N) is 1. The summed E-state index contributed by atoms with van der Waals surface area (Å²) >= 11 is 0. The number of rotatable bonds is 5. The summed E-state index contributed by atoms with van der Waals surface area (Å²) in [6.45, 7) is 6.26. The predicted molar refractivity (Wildman–Crippen MR) is 102 cm³/mol. The first-order valence-electron chi connectivity index (χ1n) is 8.01. The zero-order valence-corrected chi connectivity index (χ0v) is 15.8. The van der Waals surface area contributed by atoms with Crippen LogP contribution in [0.4, 0.5) is 10.1 Å². The number of guanidine groups is 1. The van der Waals surface area contributed by atoms with Gasteiger partial charge in [-0.05, 0) is 62.7 Å². The summed E-state index contributed by atoms with van der Waals surface area (Å²) < 4.78 is 40.0. The maximum absolute atomic E-state index is 12.9. The van der Waals surface area contributed by atoms with Crippen LogP contribution in [0.1, 0.15) is 26.3 Å². The minimum Gasteiger partial charge on any atom is -0.370 e. The molecule has 0 amide bonds. The van der Waals surface area contributed by atoms with Crippen molar-refractivity contribution in [2.24, 2.45) is 10.7 Å². The van der Waals surface area contributed by atoms with Crippen LogP contribution in [-0.2, 0) is 16.6 Å². The van der Waals surface area contributed by atoms with E-state index in [2.05, 4.69) is 15.0 Å². The number of aliphatic imine (C=N–C) groups is 1. The van der Waals surface area contributed by atoms with Gasteiger partial charge in [-0.2, -0.15) is 0 Å². The van der Waals surface area contributed by atoms with Crippen LogP contribution in [0.2, 0.25) is 0 Å². The molecule has 2 rings (SSSR count). The lowest BCUT2D eigenvalue weighted by molar-refractivity contribution is 0.508. The van der Waals surface area contributed by atoms with Crippen LogP contribution >= 0.6 is 0 Å². The number of hydrogen-bond donors (Lipinski definition) is 3. The Morgan fingerprint density at radius 3 is 2.19 bits per heavy atom. The average molecular weight is 378 g/mol. The Hall–Kier alpha value is -2.61. The molecular weight excluding hydrogens is 355 g/mol. The van der Waals surface area contributed by atoms with Gasteiger partial charge in [0, 0.05) is 11.2 Å². The number of sulfonamides is 1. The number of halogens is 1. The van der Waals surface area contributed by atoms with Crippen molar-refractivity contribution >= 4 is 21.7 Å². The molecule has 0 saturated heterocycles. The molecule has 0 fully saturated rings. The molecule has 0 spiro atoms. The quantitative estimate of drug-likeness (QED) is 0.551. The molecule has 0 aromatic heterocycles. The van der Waals surface area contributed by atoms with Gasteiger partial charge in [0.25, 0.3) is 10.0 Å². The molecule has 0 saturated carbocycles. The molecule has 4 N–H and O–H groups in total. The summed E-state index contributed by atoms with van der Waals surface area (Å²) in [4.78, 5) is 4.34. The minimum atomic E-state index is -3.74. The monoisotopic (exact) mass is 378 g/mol. The van der Waals surface area contributed by atoms with Gasteiger partial charge in [0.15, 0.2) is 5.96 Å². The van der Waals surface area contributed by atoms with Crippen molar-refractivity contribution < 1.29 is 12.8 Å². The summed E-state index contributed by atoms with van der Waals surface area (Å²) in [5.41, 5.74) is 6.74.